The summed E-state index contributed by atoms with van der Waals surface area (Å²) in [4.78, 5) is 4.11. The van der Waals surface area contributed by atoms with Crippen molar-refractivity contribution in [2.24, 2.45) is 0 Å². The smallest absolute Gasteiger partial charge is 0.205 e. The molecule has 0 aromatic carbocycles. The fraction of sp³-hybridized carbons (Fsp3) is 0.125. The van der Waals surface area contributed by atoms with Crippen LogP contribution in [0.15, 0.2) is 18.5 Å². The number of pyridine rings is 1. The van der Waals surface area contributed by atoms with E-state index in [4.69, 9.17) is 0 Å². The Labute approximate surface area is 98.9 Å². The fourth-order valence-corrected chi connectivity index (χ4v) is 2.14. The van der Waals surface area contributed by atoms with Crippen molar-refractivity contribution in [3.05, 3.63) is 22.0 Å². The van der Waals surface area contributed by atoms with Gasteiger partial charge in [0.2, 0.25) is 5.13 Å². The second-order valence-corrected chi connectivity index (χ2v) is 4.78. The van der Waals surface area contributed by atoms with Gasteiger partial charge in [-0.2, -0.15) is 0 Å². The van der Waals surface area contributed by atoms with Crippen molar-refractivity contribution in [3.63, 3.8) is 0 Å². The first-order valence-corrected chi connectivity index (χ1v) is 5.81. The highest BCUT2D eigenvalue weighted by molar-refractivity contribution is 14.1. The summed E-state index contributed by atoms with van der Waals surface area (Å²) in [6.07, 6.45) is 3.60. The van der Waals surface area contributed by atoms with Crippen molar-refractivity contribution in [2.45, 2.75) is 0 Å². The van der Waals surface area contributed by atoms with Gasteiger partial charge < -0.3 is 5.32 Å². The maximum atomic E-state index is 4.11. The van der Waals surface area contributed by atoms with E-state index in [1.165, 1.54) is 11.3 Å². The lowest BCUT2D eigenvalue weighted by Crippen LogP contribution is -1.84. The van der Waals surface area contributed by atoms with Gasteiger partial charge in [0.05, 0.1) is 0 Å². The van der Waals surface area contributed by atoms with Crippen LogP contribution in [0.3, 0.4) is 0 Å². The van der Waals surface area contributed by atoms with Crippen molar-refractivity contribution in [2.75, 3.05) is 12.4 Å². The van der Waals surface area contributed by atoms with Crippen molar-refractivity contribution in [1.29, 1.82) is 0 Å². The van der Waals surface area contributed by atoms with Crippen LogP contribution < -0.4 is 5.32 Å². The second kappa shape index (κ2) is 4.18. The van der Waals surface area contributed by atoms with E-state index in [2.05, 4.69) is 43.1 Å². The molecule has 0 unspecified atom stereocenters. The number of nitrogens with one attached hydrogen (secondary N) is 1. The molecule has 1 N–H and O–H groups in total. The van der Waals surface area contributed by atoms with E-state index in [1.54, 1.807) is 6.20 Å². The molecule has 0 saturated heterocycles. The quantitative estimate of drug-likeness (QED) is 0.863. The van der Waals surface area contributed by atoms with Gasteiger partial charge in [-0.25, -0.2) is 0 Å². The number of nitrogens with zero attached hydrogens (tertiary/aromatic N) is 3. The standard InChI is InChI=1S/C8H7IN4S/c1-10-8-13-12-7(14-8)5-2-6(9)4-11-3-5/h2-4H,1H3,(H,10,13). The summed E-state index contributed by atoms with van der Waals surface area (Å²) < 4.78 is 1.10. The second-order valence-electron chi connectivity index (χ2n) is 2.55. The molecule has 0 aliphatic heterocycles. The summed E-state index contributed by atoms with van der Waals surface area (Å²) in [5.74, 6) is 0. The van der Waals surface area contributed by atoms with Crippen LogP contribution >= 0.6 is 33.9 Å². The lowest BCUT2D eigenvalue weighted by Gasteiger charge is -1.94. The molecule has 2 rings (SSSR count). The minimum absolute atomic E-state index is 0.818. The van der Waals surface area contributed by atoms with Crippen molar-refractivity contribution in [3.8, 4) is 10.6 Å². The van der Waals surface area contributed by atoms with Crippen LogP contribution in [0.2, 0.25) is 0 Å². The van der Waals surface area contributed by atoms with Crippen LogP contribution in [0, 0.1) is 3.57 Å². The van der Waals surface area contributed by atoms with E-state index in [0.717, 1.165) is 19.3 Å². The van der Waals surface area contributed by atoms with Crippen LogP contribution in [0.4, 0.5) is 5.13 Å². The number of halogens is 1. The van der Waals surface area contributed by atoms with Crippen molar-refractivity contribution >= 4 is 39.1 Å². The molecular formula is C8H7IN4S. The summed E-state index contributed by atoms with van der Waals surface area (Å²) in [5.41, 5.74) is 1.01. The zero-order chi connectivity index (χ0) is 9.97. The largest absolute Gasteiger partial charge is 0.363 e. The molecule has 0 spiro atoms. The highest BCUT2D eigenvalue weighted by Gasteiger charge is 2.05. The third-order valence-electron chi connectivity index (χ3n) is 1.59. The Hall–Kier alpha value is -0.760. The summed E-state index contributed by atoms with van der Waals surface area (Å²) in [6.45, 7) is 0. The Bertz CT molecular complexity index is 442. The highest BCUT2D eigenvalue weighted by atomic mass is 127. The molecule has 4 nitrogen and oxygen atoms in total. The van der Waals surface area contributed by atoms with Gasteiger partial charge in [0.15, 0.2) is 5.01 Å². The van der Waals surface area contributed by atoms with Crippen LogP contribution in [-0.2, 0) is 0 Å². The number of hydrogen-bond donors (Lipinski definition) is 1. The third kappa shape index (κ3) is 2.01. The van der Waals surface area contributed by atoms with Crippen LogP contribution in [0.5, 0.6) is 0 Å². The topological polar surface area (TPSA) is 50.7 Å². The van der Waals surface area contributed by atoms with E-state index >= 15 is 0 Å². The van der Waals surface area contributed by atoms with Gasteiger partial charge in [-0.15, -0.1) is 10.2 Å². The third-order valence-corrected chi connectivity index (χ3v) is 3.17. The first-order valence-electron chi connectivity index (χ1n) is 3.92. The molecule has 0 bridgehead atoms. The van der Waals surface area contributed by atoms with E-state index in [9.17, 15) is 0 Å². The lowest BCUT2D eigenvalue weighted by atomic mass is 10.3. The molecule has 14 heavy (non-hydrogen) atoms. The van der Waals surface area contributed by atoms with Gasteiger partial charge in [-0.3, -0.25) is 4.98 Å². The molecule has 2 aromatic heterocycles. The summed E-state index contributed by atoms with van der Waals surface area (Å²) in [6, 6.07) is 2.04. The van der Waals surface area contributed by atoms with Crippen molar-refractivity contribution < 1.29 is 0 Å². The fourth-order valence-electron chi connectivity index (χ4n) is 0.970. The summed E-state index contributed by atoms with van der Waals surface area (Å²) in [7, 11) is 1.83. The van der Waals surface area contributed by atoms with Crippen LogP contribution in [-0.4, -0.2) is 22.2 Å². The Morgan fingerprint density at radius 2 is 2.21 bits per heavy atom. The van der Waals surface area contributed by atoms with E-state index in [-0.39, 0.29) is 0 Å². The molecule has 0 aliphatic rings. The van der Waals surface area contributed by atoms with E-state index in [1.807, 2.05) is 19.3 Å². The normalized spacial score (nSPS) is 10.1. The van der Waals surface area contributed by atoms with Crippen molar-refractivity contribution in [1.82, 2.24) is 15.2 Å². The van der Waals surface area contributed by atoms with Gasteiger partial charge in [-0.05, 0) is 28.7 Å². The molecule has 0 saturated carbocycles. The summed E-state index contributed by atoms with van der Waals surface area (Å²) in [5, 5.41) is 12.7. The maximum absolute atomic E-state index is 4.11. The van der Waals surface area contributed by atoms with E-state index in [0.29, 0.717) is 0 Å². The number of aromatic nitrogens is 3. The SMILES string of the molecule is CNc1nnc(-c2cncc(I)c2)s1. The lowest BCUT2D eigenvalue weighted by molar-refractivity contribution is 1.09. The zero-order valence-corrected chi connectivity index (χ0v) is 10.3. The molecule has 0 amide bonds. The zero-order valence-electron chi connectivity index (χ0n) is 7.36. The minimum Gasteiger partial charge on any atom is -0.363 e. The molecule has 72 valence electrons. The average Bonchev–Trinajstić information content (AvgIpc) is 2.66. The Kier molecular flexibility index (Phi) is 2.92. The summed E-state index contributed by atoms with van der Waals surface area (Å²) >= 11 is 3.74. The van der Waals surface area contributed by atoms with Gasteiger partial charge in [0.1, 0.15) is 0 Å². The molecule has 2 aromatic rings. The first kappa shape index (κ1) is 9.78. The first-order chi connectivity index (χ1) is 6.79. The van der Waals surface area contributed by atoms with Gasteiger partial charge in [-0.1, -0.05) is 11.3 Å². The molecule has 0 fully saturated rings. The predicted molar refractivity (Wildman–Crippen MR) is 65.4 cm³/mol. The number of hydrogen-bond acceptors (Lipinski definition) is 5. The molecular weight excluding hydrogens is 311 g/mol. The Morgan fingerprint density at radius 1 is 1.36 bits per heavy atom. The Balaban J connectivity index is 2.39. The van der Waals surface area contributed by atoms with Crippen LogP contribution in [0.1, 0.15) is 0 Å². The Morgan fingerprint density at radius 3 is 2.86 bits per heavy atom. The molecule has 6 heteroatoms. The predicted octanol–water partition coefficient (Wildman–Crippen LogP) is 2.25. The average molecular weight is 318 g/mol. The van der Waals surface area contributed by atoms with E-state index < -0.39 is 0 Å². The molecule has 2 heterocycles. The monoisotopic (exact) mass is 318 g/mol. The number of rotatable bonds is 2. The maximum Gasteiger partial charge on any atom is 0.205 e. The van der Waals surface area contributed by atoms with Gasteiger partial charge in [0.25, 0.3) is 0 Å². The van der Waals surface area contributed by atoms with Gasteiger partial charge >= 0.3 is 0 Å². The molecule has 0 aliphatic carbocycles. The number of anilines is 1. The molecule has 0 radical (unpaired) electrons. The van der Waals surface area contributed by atoms with Crippen LogP contribution in [0.25, 0.3) is 10.6 Å². The van der Waals surface area contributed by atoms with Gasteiger partial charge in [0, 0.05) is 28.6 Å². The molecule has 0 atom stereocenters. The minimum atomic E-state index is 0.818. The highest BCUT2D eigenvalue weighted by Crippen LogP contribution is 2.25.